The molecule has 1 aromatic carbocycles. The molecule has 24 heavy (non-hydrogen) atoms. The number of hydrogen-bond acceptors (Lipinski definition) is 5. The van der Waals surface area contributed by atoms with E-state index in [0.29, 0.717) is 12.6 Å². The van der Waals surface area contributed by atoms with E-state index in [9.17, 15) is 0 Å². The Balaban J connectivity index is 1.83. The SMILES string of the molecule is COC[C@@H]1C[C@@H](OC)CN1Cc1ccnn1-c1ccccc1OC. The van der Waals surface area contributed by atoms with Crippen LogP contribution in [0.2, 0.25) is 0 Å². The average molecular weight is 331 g/mol. The van der Waals surface area contributed by atoms with E-state index in [1.165, 1.54) is 0 Å². The summed E-state index contributed by atoms with van der Waals surface area (Å²) < 4.78 is 18.3. The maximum absolute atomic E-state index is 5.55. The van der Waals surface area contributed by atoms with Crippen molar-refractivity contribution in [1.82, 2.24) is 14.7 Å². The molecule has 0 N–H and O–H groups in total. The average Bonchev–Trinajstić information content (AvgIpc) is 3.22. The Bertz CT molecular complexity index is 658. The van der Waals surface area contributed by atoms with Crippen molar-refractivity contribution in [3.63, 3.8) is 0 Å². The van der Waals surface area contributed by atoms with Gasteiger partial charge < -0.3 is 14.2 Å². The minimum Gasteiger partial charge on any atom is -0.494 e. The molecule has 1 fully saturated rings. The fraction of sp³-hybridized carbons (Fsp3) is 0.500. The molecule has 1 aromatic heterocycles. The fourth-order valence-corrected chi connectivity index (χ4v) is 3.35. The van der Waals surface area contributed by atoms with Gasteiger partial charge in [-0.3, -0.25) is 4.90 Å². The Kier molecular flexibility index (Phi) is 5.50. The summed E-state index contributed by atoms with van der Waals surface area (Å²) in [6.45, 7) is 2.41. The van der Waals surface area contributed by atoms with Crippen molar-refractivity contribution in [3.8, 4) is 11.4 Å². The summed E-state index contributed by atoms with van der Waals surface area (Å²) in [4.78, 5) is 2.40. The molecule has 0 aliphatic carbocycles. The van der Waals surface area contributed by atoms with Crippen LogP contribution < -0.4 is 4.74 Å². The van der Waals surface area contributed by atoms with Crippen LogP contribution in [0.1, 0.15) is 12.1 Å². The second-order valence-electron chi connectivity index (χ2n) is 6.04. The van der Waals surface area contributed by atoms with E-state index in [-0.39, 0.29) is 6.10 Å². The van der Waals surface area contributed by atoms with E-state index in [1.54, 1.807) is 21.3 Å². The van der Waals surface area contributed by atoms with Crippen molar-refractivity contribution in [3.05, 3.63) is 42.2 Å². The van der Waals surface area contributed by atoms with Gasteiger partial charge in [-0.2, -0.15) is 5.10 Å². The number of likely N-dealkylation sites (tertiary alicyclic amines) is 1. The van der Waals surface area contributed by atoms with Crippen molar-refractivity contribution in [2.24, 2.45) is 0 Å². The van der Waals surface area contributed by atoms with Gasteiger partial charge in [0.1, 0.15) is 11.4 Å². The first-order chi connectivity index (χ1) is 11.8. The van der Waals surface area contributed by atoms with Gasteiger partial charge in [0, 0.05) is 39.5 Å². The van der Waals surface area contributed by atoms with Crippen LogP contribution >= 0.6 is 0 Å². The van der Waals surface area contributed by atoms with E-state index in [1.807, 2.05) is 35.1 Å². The summed E-state index contributed by atoms with van der Waals surface area (Å²) in [6.07, 6.45) is 3.08. The van der Waals surface area contributed by atoms with E-state index in [2.05, 4.69) is 16.1 Å². The zero-order chi connectivity index (χ0) is 16.9. The molecule has 1 aliphatic rings. The maximum Gasteiger partial charge on any atom is 0.144 e. The Morgan fingerprint density at radius 1 is 1.17 bits per heavy atom. The van der Waals surface area contributed by atoms with Crippen molar-refractivity contribution >= 4 is 0 Å². The van der Waals surface area contributed by atoms with Crippen LogP contribution in [0.25, 0.3) is 5.69 Å². The molecule has 3 rings (SSSR count). The summed E-state index contributed by atoms with van der Waals surface area (Å²) in [7, 11) is 5.20. The molecule has 2 aromatic rings. The van der Waals surface area contributed by atoms with Crippen LogP contribution in [-0.2, 0) is 16.0 Å². The third-order valence-corrected chi connectivity index (χ3v) is 4.58. The van der Waals surface area contributed by atoms with E-state index >= 15 is 0 Å². The van der Waals surface area contributed by atoms with Gasteiger partial charge in [0.2, 0.25) is 0 Å². The third-order valence-electron chi connectivity index (χ3n) is 4.58. The van der Waals surface area contributed by atoms with Crippen LogP contribution in [0.4, 0.5) is 0 Å². The Morgan fingerprint density at radius 2 is 2.00 bits per heavy atom. The molecule has 0 bridgehead atoms. The van der Waals surface area contributed by atoms with E-state index in [4.69, 9.17) is 14.2 Å². The molecule has 6 nitrogen and oxygen atoms in total. The first-order valence-electron chi connectivity index (χ1n) is 8.19. The van der Waals surface area contributed by atoms with Gasteiger partial charge in [-0.05, 0) is 24.6 Å². The smallest absolute Gasteiger partial charge is 0.144 e. The Labute approximate surface area is 142 Å². The maximum atomic E-state index is 5.55. The molecule has 1 saturated heterocycles. The summed E-state index contributed by atoms with van der Waals surface area (Å²) in [5.41, 5.74) is 2.07. The lowest BCUT2D eigenvalue weighted by atomic mass is 10.2. The Morgan fingerprint density at radius 3 is 2.75 bits per heavy atom. The topological polar surface area (TPSA) is 48.8 Å². The number of methoxy groups -OCH3 is 3. The number of benzene rings is 1. The van der Waals surface area contributed by atoms with Crippen LogP contribution in [0, 0.1) is 0 Å². The molecular formula is C18H25N3O3. The normalized spacial score (nSPS) is 21.3. The quantitative estimate of drug-likeness (QED) is 0.778. The molecule has 130 valence electrons. The number of rotatable bonds is 7. The highest BCUT2D eigenvalue weighted by molar-refractivity contribution is 5.46. The first-order valence-corrected chi connectivity index (χ1v) is 8.19. The fourth-order valence-electron chi connectivity index (χ4n) is 3.35. The second-order valence-corrected chi connectivity index (χ2v) is 6.04. The second kappa shape index (κ2) is 7.79. The van der Waals surface area contributed by atoms with Gasteiger partial charge in [-0.15, -0.1) is 0 Å². The summed E-state index contributed by atoms with van der Waals surface area (Å²) >= 11 is 0. The largest absolute Gasteiger partial charge is 0.494 e. The van der Waals surface area contributed by atoms with Gasteiger partial charge in [0.05, 0.1) is 25.5 Å². The minimum absolute atomic E-state index is 0.257. The van der Waals surface area contributed by atoms with E-state index < -0.39 is 0 Å². The summed E-state index contributed by atoms with van der Waals surface area (Å²) in [5, 5.41) is 4.49. The lowest BCUT2D eigenvalue weighted by molar-refractivity contribution is 0.105. The van der Waals surface area contributed by atoms with Crippen LogP contribution in [-0.4, -0.2) is 61.3 Å². The van der Waals surface area contributed by atoms with Crippen LogP contribution in [0.5, 0.6) is 5.75 Å². The number of para-hydroxylation sites is 2. The molecule has 1 aliphatic heterocycles. The van der Waals surface area contributed by atoms with Crippen LogP contribution in [0.3, 0.4) is 0 Å². The lowest BCUT2D eigenvalue weighted by Crippen LogP contribution is -2.33. The summed E-state index contributed by atoms with van der Waals surface area (Å²) in [5.74, 6) is 0.812. The van der Waals surface area contributed by atoms with E-state index in [0.717, 1.165) is 36.6 Å². The van der Waals surface area contributed by atoms with Gasteiger partial charge in [0.15, 0.2) is 0 Å². The molecule has 2 atom stereocenters. The standard InChI is InChI=1S/C18H25N3O3/c1-22-13-15-10-16(23-2)12-20(15)11-14-8-9-19-21(14)17-6-4-5-7-18(17)24-3/h4-9,15-16H,10-13H2,1-3H3/t15-,16+/m0/s1. The predicted octanol–water partition coefficient (Wildman–Crippen LogP) is 2.12. The molecule has 2 heterocycles. The Hall–Kier alpha value is -1.89. The van der Waals surface area contributed by atoms with Crippen molar-refractivity contribution < 1.29 is 14.2 Å². The predicted molar refractivity (Wildman–Crippen MR) is 91.6 cm³/mol. The lowest BCUT2D eigenvalue weighted by Gasteiger charge is -2.24. The van der Waals surface area contributed by atoms with Gasteiger partial charge in [-0.1, -0.05) is 12.1 Å². The van der Waals surface area contributed by atoms with Crippen molar-refractivity contribution in [1.29, 1.82) is 0 Å². The van der Waals surface area contributed by atoms with Crippen molar-refractivity contribution in [2.45, 2.75) is 25.1 Å². The molecule has 6 heteroatoms. The highest BCUT2D eigenvalue weighted by atomic mass is 16.5. The first kappa shape index (κ1) is 17.0. The molecule has 0 radical (unpaired) electrons. The molecule has 0 spiro atoms. The minimum atomic E-state index is 0.257. The zero-order valence-electron chi connectivity index (χ0n) is 14.5. The molecule has 0 saturated carbocycles. The van der Waals surface area contributed by atoms with Gasteiger partial charge in [0.25, 0.3) is 0 Å². The van der Waals surface area contributed by atoms with Crippen molar-refractivity contribution in [2.75, 3.05) is 34.5 Å². The van der Waals surface area contributed by atoms with Crippen LogP contribution in [0.15, 0.2) is 36.5 Å². The zero-order valence-corrected chi connectivity index (χ0v) is 14.5. The van der Waals surface area contributed by atoms with Gasteiger partial charge in [-0.25, -0.2) is 4.68 Å². The van der Waals surface area contributed by atoms with Gasteiger partial charge >= 0.3 is 0 Å². The monoisotopic (exact) mass is 331 g/mol. The number of hydrogen-bond donors (Lipinski definition) is 0. The molecular weight excluding hydrogens is 306 g/mol. The number of ether oxygens (including phenoxy) is 3. The molecule has 0 amide bonds. The summed E-state index contributed by atoms with van der Waals surface area (Å²) in [6, 6.07) is 10.3. The molecule has 0 unspecified atom stereocenters. The third kappa shape index (κ3) is 3.45. The number of aromatic nitrogens is 2. The highest BCUT2D eigenvalue weighted by Crippen LogP contribution is 2.26. The highest BCUT2D eigenvalue weighted by Gasteiger charge is 2.32. The number of nitrogens with zero attached hydrogens (tertiary/aromatic N) is 3.